The van der Waals surface area contributed by atoms with Gasteiger partial charge < -0.3 is 14.6 Å². The smallest absolute Gasteiger partial charge is 0.0945 e. The first kappa shape index (κ1) is 12.6. The van der Waals surface area contributed by atoms with Crippen molar-refractivity contribution in [2.75, 3.05) is 19.7 Å². The monoisotopic (exact) mass is 237 g/mol. The molecule has 2 rings (SSSR count). The van der Waals surface area contributed by atoms with Crippen LogP contribution in [0.15, 0.2) is 18.7 Å². The molecule has 1 aliphatic carbocycles. The SMILES string of the molecule is OCCCN(CCCn1ccnc1)C1CCC1. The first-order chi connectivity index (χ1) is 8.40. The number of aromatic nitrogens is 2. The molecular weight excluding hydrogens is 214 g/mol. The predicted molar refractivity (Wildman–Crippen MR) is 67.8 cm³/mol. The molecule has 0 unspecified atom stereocenters. The number of rotatable bonds is 8. The van der Waals surface area contributed by atoms with Crippen molar-refractivity contribution in [1.82, 2.24) is 14.5 Å². The van der Waals surface area contributed by atoms with E-state index >= 15 is 0 Å². The molecule has 4 heteroatoms. The minimum atomic E-state index is 0.310. The molecule has 0 bridgehead atoms. The summed E-state index contributed by atoms with van der Waals surface area (Å²) in [6.45, 7) is 3.54. The molecule has 17 heavy (non-hydrogen) atoms. The van der Waals surface area contributed by atoms with Gasteiger partial charge in [-0.25, -0.2) is 4.98 Å². The molecule has 0 atom stereocenters. The summed E-state index contributed by atoms with van der Waals surface area (Å²) in [4.78, 5) is 6.60. The van der Waals surface area contributed by atoms with Crippen molar-refractivity contribution in [3.63, 3.8) is 0 Å². The van der Waals surface area contributed by atoms with Gasteiger partial charge in [-0.1, -0.05) is 6.42 Å². The third-order valence-corrected chi connectivity index (χ3v) is 3.62. The average Bonchev–Trinajstić information content (AvgIpc) is 2.76. The van der Waals surface area contributed by atoms with E-state index in [-0.39, 0.29) is 0 Å². The van der Waals surface area contributed by atoms with Gasteiger partial charge in [-0.2, -0.15) is 0 Å². The van der Waals surface area contributed by atoms with Crippen LogP contribution >= 0.6 is 0 Å². The summed E-state index contributed by atoms with van der Waals surface area (Å²) in [5.41, 5.74) is 0. The van der Waals surface area contributed by atoms with Crippen molar-refractivity contribution in [3.8, 4) is 0 Å². The van der Waals surface area contributed by atoms with Crippen LogP contribution in [0.2, 0.25) is 0 Å². The number of aryl methyl sites for hydroxylation is 1. The molecule has 4 nitrogen and oxygen atoms in total. The van der Waals surface area contributed by atoms with E-state index in [1.54, 1.807) is 0 Å². The summed E-state index contributed by atoms with van der Waals surface area (Å²) < 4.78 is 2.13. The molecule has 0 aromatic carbocycles. The van der Waals surface area contributed by atoms with Gasteiger partial charge in [0.2, 0.25) is 0 Å². The topological polar surface area (TPSA) is 41.3 Å². The third kappa shape index (κ3) is 3.82. The maximum absolute atomic E-state index is 8.92. The highest BCUT2D eigenvalue weighted by Gasteiger charge is 2.23. The average molecular weight is 237 g/mol. The van der Waals surface area contributed by atoms with Crippen LogP contribution < -0.4 is 0 Å². The van der Waals surface area contributed by atoms with Gasteiger partial charge in [-0.3, -0.25) is 0 Å². The number of aliphatic hydroxyl groups is 1. The normalized spacial score (nSPS) is 16.4. The summed E-state index contributed by atoms with van der Waals surface area (Å²) in [6.07, 6.45) is 11.9. The zero-order chi connectivity index (χ0) is 11.9. The second-order valence-corrected chi connectivity index (χ2v) is 4.85. The van der Waals surface area contributed by atoms with Crippen molar-refractivity contribution in [1.29, 1.82) is 0 Å². The largest absolute Gasteiger partial charge is 0.396 e. The second-order valence-electron chi connectivity index (χ2n) is 4.85. The number of aliphatic hydroxyl groups excluding tert-OH is 1. The van der Waals surface area contributed by atoms with Crippen LogP contribution in [0.5, 0.6) is 0 Å². The molecule has 1 heterocycles. The number of nitrogens with zero attached hydrogens (tertiary/aromatic N) is 3. The third-order valence-electron chi connectivity index (χ3n) is 3.62. The van der Waals surface area contributed by atoms with Crippen molar-refractivity contribution >= 4 is 0 Å². The highest BCUT2D eigenvalue weighted by molar-refractivity contribution is 4.80. The van der Waals surface area contributed by atoms with E-state index in [2.05, 4.69) is 14.5 Å². The number of imidazole rings is 1. The molecule has 1 fully saturated rings. The summed E-state index contributed by atoms with van der Waals surface area (Å²) >= 11 is 0. The highest BCUT2D eigenvalue weighted by Crippen LogP contribution is 2.24. The lowest BCUT2D eigenvalue weighted by molar-refractivity contribution is 0.114. The Labute approximate surface area is 103 Å². The molecule has 1 N–H and O–H groups in total. The minimum absolute atomic E-state index is 0.310. The Kier molecular flexibility index (Phi) is 5.01. The Bertz CT molecular complexity index is 296. The van der Waals surface area contributed by atoms with Gasteiger partial charge in [0.25, 0.3) is 0 Å². The van der Waals surface area contributed by atoms with Gasteiger partial charge in [-0.05, 0) is 25.7 Å². The Morgan fingerprint density at radius 3 is 2.71 bits per heavy atom. The molecule has 1 aromatic heterocycles. The molecule has 1 aromatic rings. The highest BCUT2D eigenvalue weighted by atomic mass is 16.3. The van der Waals surface area contributed by atoms with Gasteiger partial charge >= 0.3 is 0 Å². The van der Waals surface area contributed by atoms with Crippen molar-refractivity contribution in [2.45, 2.75) is 44.7 Å². The lowest BCUT2D eigenvalue weighted by Crippen LogP contribution is -2.41. The van der Waals surface area contributed by atoms with Crippen molar-refractivity contribution < 1.29 is 5.11 Å². The number of hydrogen-bond acceptors (Lipinski definition) is 3. The van der Waals surface area contributed by atoms with E-state index in [1.165, 1.54) is 19.3 Å². The first-order valence-electron chi connectivity index (χ1n) is 6.71. The zero-order valence-corrected chi connectivity index (χ0v) is 10.5. The minimum Gasteiger partial charge on any atom is -0.396 e. The van der Waals surface area contributed by atoms with E-state index in [9.17, 15) is 0 Å². The Morgan fingerprint density at radius 2 is 2.12 bits per heavy atom. The van der Waals surface area contributed by atoms with E-state index in [4.69, 9.17) is 5.11 Å². The second kappa shape index (κ2) is 6.77. The molecule has 1 aliphatic rings. The Hall–Kier alpha value is -0.870. The van der Waals surface area contributed by atoms with Crippen molar-refractivity contribution in [3.05, 3.63) is 18.7 Å². The van der Waals surface area contributed by atoms with E-state index < -0.39 is 0 Å². The molecule has 0 amide bonds. The lowest BCUT2D eigenvalue weighted by atomic mass is 9.91. The van der Waals surface area contributed by atoms with Gasteiger partial charge in [0.05, 0.1) is 6.33 Å². The summed E-state index contributed by atoms with van der Waals surface area (Å²) in [5, 5.41) is 8.92. The van der Waals surface area contributed by atoms with Crippen LogP contribution in [-0.4, -0.2) is 45.3 Å². The van der Waals surface area contributed by atoms with E-state index in [0.29, 0.717) is 6.61 Å². The van der Waals surface area contributed by atoms with Gasteiger partial charge in [-0.15, -0.1) is 0 Å². The standard InChI is InChI=1S/C13H23N3O/c17-11-3-9-16(13-4-1-5-13)8-2-7-15-10-6-14-12-15/h6,10,12-13,17H,1-5,7-9,11H2. The van der Waals surface area contributed by atoms with Crippen molar-refractivity contribution in [2.24, 2.45) is 0 Å². The fraction of sp³-hybridized carbons (Fsp3) is 0.769. The predicted octanol–water partition coefficient (Wildman–Crippen LogP) is 1.51. The van der Waals surface area contributed by atoms with Crippen LogP contribution in [0.25, 0.3) is 0 Å². The lowest BCUT2D eigenvalue weighted by Gasteiger charge is -2.37. The van der Waals surface area contributed by atoms with Crippen LogP contribution in [-0.2, 0) is 6.54 Å². The van der Waals surface area contributed by atoms with Crippen LogP contribution in [0, 0.1) is 0 Å². The maximum atomic E-state index is 8.92. The molecule has 0 saturated heterocycles. The van der Waals surface area contributed by atoms with Crippen LogP contribution in [0.1, 0.15) is 32.1 Å². The fourth-order valence-electron chi connectivity index (χ4n) is 2.38. The molecular formula is C13H23N3O. The van der Waals surface area contributed by atoms with Crippen LogP contribution in [0.3, 0.4) is 0 Å². The summed E-state index contributed by atoms with van der Waals surface area (Å²) in [7, 11) is 0. The van der Waals surface area contributed by atoms with Crippen LogP contribution in [0.4, 0.5) is 0 Å². The summed E-state index contributed by atoms with van der Waals surface area (Å²) in [5.74, 6) is 0. The van der Waals surface area contributed by atoms with Gasteiger partial charge in [0, 0.05) is 44.7 Å². The quantitative estimate of drug-likeness (QED) is 0.745. The molecule has 0 aliphatic heterocycles. The maximum Gasteiger partial charge on any atom is 0.0945 e. The van der Waals surface area contributed by atoms with E-state index in [0.717, 1.165) is 38.5 Å². The number of hydrogen-bond donors (Lipinski definition) is 1. The molecule has 96 valence electrons. The molecule has 0 spiro atoms. The molecule has 0 radical (unpaired) electrons. The Morgan fingerprint density at radius 1 is 1.29 bits per heavy atom. The Balaban J connectivity index is 1.68. The zero-order valence-electron chi connectivity index (χ0n) is 10.5. The van der Waals surface area contributed by atoms with Gasteiger partial charge in [0.1, 0.15) is 0 Å². The van der Waals surface area contributed by atoms with E-state index in [1.807, 2.05) is 18.7 Å². The van der Waals surface area contributed by atoms with Gasteiger partial charge in [0.15, 0.2) is 0 Å². The first-order valence-corrected chi connectivity index (χ1v) is 6.71. The summed E-state index contributed by atoms with van der Waals surface area (Å²) in [6, 6.07) is 0.782. The molecule has 1 saturated carbocycles. The fourth-order valence-corrected chi connectivity index (χ4v) is 2.38.